The lowest BCUT2D eigenvalue weighted by Crippen LogP contribution is -2.35. The van der Waals surface area contributed by atoms with Gasteiger partial charge in [0, 0.05) is 18.8 Å². The van der Waals surface area contributed by atoms with Crippen LogP contribution in [0.15, 0.2) is 48.5 Å². The van der Waals surface area contributed by atoms with E-state index >= 15 is 0 Å². The zero-order valence-electron chi connectivity index (χ0n) is 17.1. The maximum Gasteiger partial charge on any atom is 0.319 e. The van der Waals surface area contributed by atoms with Crippen LogP contribution in [0.1, 0.15) is 30.4 Å². The van der Waals surface area contributed by atoms with E-state index in [0.717, 1.165) is 49.7 Å². The minimum atomic E-state index is -0.164. The van der Waals surface area contributed by atoms with Gasteiger partial charge in [-0.05, 0) is 73.9 Å². The third kappa shape index (κ3) is 7.26. The molecule has 1 aliphatic rings. The lowest BCUT2D eigenvalue weighted by atomic mass is 9.81. The van der Waals surface area contributed by atoms with E-state index in [1.165, 1.54) is 24.0 Å². The molecule has 0 heterocycles. The standard InChI is InChI=1S/C23H31N3O2.ClH/c1-28-22-11-5-8-19-13-12-18(17-21(19)22)7-6-14-24-15-16-25-23(27)26-20-9-3-2-4-10-20;/h2-5,8-11,18,24H,6-7,12-17H2,1H3,(H2,25,26,27);1H. The summed E-state index contributed by atoms with van der Waals surface area (Å²) in [5.74, 6) is 1.78. The number of rotatable bonds is 9. The topological polar surface area (TPSA) is 62.4 Å². The van der Waals surface area contributed by atoms with Crippen LogP contribution in [0.2, 0.25) is 0 Å². The molecule has 2 aromatic rings. The number of halogens is 1. The number of amides is 2. The molecule has 0 aliphatic heterocycles. The van der Waals surface area contributed by atoms with Crippen LogP contribution in [0.5, 0.6) is 5.75 Å². The van der Waals surface area contributed by atoms with Crippen LogP contribution in [-0.4, -0.2) is 32.8 Å². The fourth-order valence-corrected chi connectivity index (χ4v) is 3.87. The Morgan fingerprint density at radius 3 is 2.69 bits per heavy atom. The third-order valence-electron chi connectivity index (χ3n) is 5.35. The highest BCUT2D eigenvalue weighted by molar-refractivity contribution is 5.89. The Morgan fingerprint density at radius 2 is 1.90 bits per heavy atom. The highest BCUT2D eigenvalue weighted by atomic mass is 35.5. The fourth-order valence-electron chi connectivity index (χ4n) is 3.87. The van der Waals surface area contributed by atoms with Crippen molar-refractivity contribution in [2.75, 3.05) is 32.1 Å². The van der Waals surface area contributed by atoms with Gasteiger partial charge in [-0.25, -0.2) is 4.79 Å². The average molecular weight is 418 g/mol. The van der Waals surface area contributed by atoms with E-state index in [4.69, 9.17) is 4.74 Å². The molecule has 0 aromatic heterocycles. The van der Waals surface area contributed by atoms with Crippen molar-refractivity contribution in [1.29, 1.82) is 0 Å². The Balaban J connectivity index is 0.00000300. The zero-order valence-corrected chi connectivity index (χ0v) is 17.9. The smallest absolute Gasteiger partial charge is 0.319 e. The number of hydrogen-bond acceptors (Lipinski definition) is 3. The minimum Gasteiger partial charge on any atom is -0.496 e. The molecule has 0 bridgehead atoms. The van der Waals surface area contributed by atoms with Crippen LogP contribution >= 0.6 is 12.4 Å². The van der Waals surface area contributed by atoms with Gasteiger partial charge < -0.3 is 20.7 Å². The second-order valence-electron chi connectivity index (χ2n) is 7.35. The molecule has 3 rings (SSSR count). The number of benzene rings is 2. The molecule has 158 valence electrons. The number of aryl methyl sites for hydroxylation is 1. The van der Waals surface area contributed by atoms with Gasteiger partial charge in [-0.3, -0.25) is 0 Å². The highest BCUT2D eigenvalue weighted by Gasteiger charge is 2.20. The van der Waals surface area contributed by atoms with E-state index in [0.29, 0.717) is 6.54 Å². The zero-order chi connectivity index (χ0) is 19.6. The van der Waals surface area contributed by atoms with Crippen molar-refractivity contribution < 1.29 is 9.53 Å². The molecule has 2 aromatic carbocycles. The predicted octanol–water partition coefficient (Wildman–Crippen LogP) is 4.41. The van der Waals surface area contributed by atoms with E-state index < -0.39 is 0 Å². The van der Waals surface area contributed by atoms with E-state index in [-0.39, 0.29) is 18.4 Å². The molecule has 0 radical (unpaired) electrons. The largest absolute Gasteiger partial charge is 0.496 e. The summed E-state index contributed by atoms with van der Waals surface area (Å²) in [6.07, 6.45) is 5.94. The van der Waals surface area contributed by atoms with Crippen molar-refractivity contribution in [1.82, 2.24) is 10.6 Å². The van der Waals surface area contributed by atoms with Crippen molar-refractivity contribution >= 4 is 24.1 Å². The van der Waals surface area contributed by atoms with Gasteiger partial charge in [-0.15, -0.1) is 12.4 Å². The first-order valence-electron chi connectivity index (χ1n) is 10.2. The monoisotopic (exact) mass is 417 g/mol. The average Bonchev–Trinajstić information content (AvgIpc) is 2.73. The summed E-state index contributed by atoms with van der Waals surface area (Å²) in [7, 11) is 1.76. The van der Waals surface area contributed by atoms with Crippen molar-refractivity contribution in [3.63, 3.8) is 0 Å². The highest BCUT2D eigenvalue weighted by Crippen LogP contribution is 2.33. The molecule has 2 amide bonds. The van der Waals surface area contributed by atoms with Gasteiger partial charge in [0.1, 0.15) is 5.75 Å². The molecule has 29 heavy (non-hydrogen) atoms. The first-order chi connectivity index (χ1) is 13.8. The minimum absolute atomic E-state index is 0. The lowest BCUT2D eigenvalue weighted by Gasteiger charge is -2.26. The quantitative estimate of drug-likeness (QED) is 0.529. The number of carbonyl (C=O) groups excluding carboxylic acids is 1. The molecule has 1 unspecified atom stereocenters. The maximum atomic E-state index is 11.8. The van der Waals surface area contributed by atoms with Gasteiger partial charge in [0.15, 0.2) is 0 Å². The van der Waals surface area contributed by atoms with Gasteiger partial charge in [0.05, 0.1) is 7.11 Å². The Labute approximate surface area is 180 Å². The van der Waals surface area contributed by atoms with Crippen LogP contribution < -0.4 is 20.7 Å². The number of nitrogens with one attached hydrogen (secondary N) is 3. The van der Waals surface area contributed by atoms with E-state index in [1.807, 2.05) is 30.3 Å². The van der Waals surface area contributed by atoms with Gasteiger partial charge in [0.25, 0.3) is 0 Å². The summed E-state index contributed by atoms with van der Waals surface area (Å²) in [5.41, 5.74) is 3.66. The maximum absolute atomic E-state index is 11.8. The Kier molecular flexibility index (Phi) is 9.81. The predicted molar refractivity (Wildman–Crippen MR) is 121 cm³/mol. The lowest BCUT2D eigenvalue weighted by molar-refractivity contribution is 0.252. The van der Waals surface area contributed by atoms with Crippen LogP contribution in [0, 0.1) is 5.92 Å². The Bertz CT molecular complexity index is 741. The SMILES string of the molecule is COc1cccc2c1CC(CCCNCCNC(=O)Nc1ccccc1)CC2.Cl. The molecule has 3 N–H and O–H groups in total. The van der Waals surface area contributed by atoms with E-state index in [1.54, 1.807) is 7.11 Å². The second kappa shape index (κ2) is 12.3. The van der Waals surface area contributed by atoms with Crippen LogP contribution in [0.4, 0.5) is 10.5 Å². The summed E-state index contributed by atoms with van der Waals surface area (Å²) in [5, 5.41) is 9.10. The fraction of sp³-hybridized carbons (Fsp3) is 0.435. The van der Waals surface area contributed by atoms with Crippen LogP contribution in [0.25, 0.3) is 0 Å². The number of hydrogen-bond donors (Lipinski definition) is 3. The molecule has 5 nitrogen and oxygen atoms in total. The molecule has 6 heteroatoms. The Morgan fingerprint density at radius 1 is 1.07 bits per heavy atom. The summed E-state index contributed by atoms with van der Waals surface area (Å²) in [6.45, 7) is 2.38. The number of methoxy groups -OCH3 is 1. The van der Waals surface area contributed by atoms with E-state index in [2.05, 4.69) is 34.1 Å². The number of ether oxygens (including phenoxy) is 1. The van der Waals surface area contributed by atoms with E-state index in [9.17, 15) is 4.79 Å². The Hall–Kier alpha value is -2.24. The molecule has 0 saturated carbocycles. The van der Waals surface area contributed by atoms with Gasteiger partial charge in [0.2, 0.25) is 0 Å². The first kappa shape index (κ1) is 23.0. The molecule has 0 spiro atoms. The number of anilines is 1. The van der Waals surface area contributed by atoms with Crippen molar-refractivity contribution in [3.05, 3.63) is 59.7 Å². The number of carbonyl (C=O) groups is 1. The second-order valence-corrected chi connectivity index (χ2v) is 7.35. The third-order valence-corrected chi connectivity index (χ3v) is 5.35. The number of para-hydroxylation sites is 1. The number of fused-ring (bicyclic) bond motifs is 1. The van der Waals surface area contributed by atoms with Gasteiger partial charge >= 0.3 is 6.03 Å². The molecule has 1 atom stereocenters. The summed E-state index contributed by atoms with van der Waals surface area (Å²) < 4.78 is 5.54. The summed E-state index contributed by atoms with van der Waals surface area (Å²) in [4.78, 5) is 11.8. The van der Waals surface area contributed by atoms with Crippen LogP contribution in [0.3, 0.4) is 0 Å². The van der Waals surface area contributed by atoms with Crippen molar-refractivity contribution in [2.45, 2.75) is 32.1 Å². The molecule has 1 aliphatic carbocycles. The molecular weight excluding hydrogens is 386 g/mol. The van der Waals surface area contributed by atoms with Gasteiger partial charge in [-0.1, -0.05) is 30.3 Å². The normalized spacial score (nSPS) is 15.0. The van der Waals surface area contributed by atoms with Crippen molar-refractivity contribution in [3.8, 4) is 5.75 Å². The first-order valence-corrected chi connectivity index (χ1v) is 10.2. The number of urea groups is 1. The van der Waals surface area contributed by atoms with Crippen molar-refractivity contribution in [2.24, 2.45) is 5.92 Å². The summed E-state index contributed by atoms with van der Waals surface area (Å²) in [6, 6.07) is 15.7. The van der Waals surface area contributed by atoms with Gasteiger partial charge in [-0.2, -0.15) is 0 Å². The molecule has 0 fully saturated rings. The summed E-state index contributed by atoms with van der Waals surface area (Å²) >= 11 is 0. The molecule has 0 saturated heterocycles. The van der Waals surface area contributed by atoms with Crippen LogP contribution in [-0.2, 0) is 12.8 Å². The molecular formula is C23H32ClN3O2.